The lowest BCUT2D eigenvalue weighted by atomic mass is 10.1. The zero-order valence-electron chi connectivity index (χ0n) is 17.7. The monoisotopic (exact) mass is 427 g/mol. The summed E-state index contributed by atoms with van der Waals surface area (Å²) >= 11 is 1.48. The molecule has 0 radical (unpaired) electrons. The number of ether oxygens (including phenoxy) is 1. The number of esters is 1. The lowest BCUT2D eigenvalue weighted by molar-refractivity contribution is -0.142. The van der Waals surface area contributed by atoms with Crippen LogP contribution in [0.3, 0.4) is 0 Å². The van der Waals surface area contributed by atoms with E-state index in [0.717, 1.165) is 21.8 Å². The highest BCUT2D eigenvalue weighted by Gasteiger charge is 2.17. The molecule has 0 amide bonds. The minimum absolute atomic E-state index is 0.0158. The molecule has 3 aromatic heterocycles. The van der Waals surface area contributed by atoms with Crippen molar-refractivity contribution in [2.75, 3.05) is 6.61 Å². The Kier molecular flexibility index (Phi) is 6.36. The molecule has 0 aliphatic rings. The third-order valence-electron chi connectivity index (χ3n) is 5.26. The van der Waals surface area contributed by atoms with Crippen LogP contribution in [-0.4, -0.2) is 32.5 Å². The van der Waals surface area contributed by atoms with E-state index in [1.54, 1.807) is 12.1 Å². The number of thiophene rings is 1. The van der Waals surface area contributed by atoms with Gasteiger partial charge in [0.2, 0.25) is 5.78 Å². The Bertz CT molecular complexity index is 1200. The van der Waals surface area contributed by atoms with Gasteiger partial charge in [0.05, 0.1) is 18.1 Å². The number of fused-ring (bicyclic) bond motifs is 1. The predicted molar refractivity (Wildman–Crippen MR) is 117 cm³/mol. The Labute approximate surface area is 178 Å². The van der Waals surface area contributed by atoms with Crippen LogP contribution in [0.15, 0.2) is 29.8 Å². The number of nitrogens with zero attached hydrogens (tertiary/aromatic N) is 3. The summed E-state index contributed by atoms with van der Waals surface area (Å²) in [6, 6.07) is 1.79. The van der Waals surface area contributed by atoms with Crippen molar-refractivity contribution in [3.63, 3.8) is 0 Å². The number of Topliss-reactive ketones (excluding diaryl/α,β-unsaturated/α-hetero) is 1. The van der Waals surface area contributed by atoms with E-state index in [-0.39, 0.29) is 30.9 Å². The molecule has 0 spiro atoms. The molecule has 30 heavy (non-hydrogen) atoms. The highest BCUT2D eigenvalue weighted by Crippen LogP contribution is 2.25. The number of ketones is 1. The number of aromatic nitrogens is 3. The topological polar surface area (TPSA) is 83.2 Å². The maximum absolute atomic E-state index is 12.7. The van der Waals surface area contributed by atoms with Gasteiger partial charge in [-0.1, -0.05) is 6.08 Å². The fourth-order valence-corrected chi connectivity index (χ4v) is 4.42. The third kappa shape index (κ3) is 4.14. The first kappa shape index (κ1) is 21.7. The molecule has 7 nitrogen and oxygen atoms in total. The van der Waals surface area contributed by atoms with Crippen molar-refractivity contribution in [2.45, 2.75) is 47.2 Å². The van der Waals surface area contributed by atoms with E-state index in [1.165, 1.54) is 22.2 Å². The summed E-state index contributed by atoms with van der Waals surface area (Å²) in [7, 11) is 0. The number of hydrogen-bond donors (Lipinski definition) is 0. The van der Waals surface area contributed by atoms with Crippen molar-refractivity contribution in [3.8, 4) is 0 Å². The van der Waals surface area contributed by atoms with Crippen LogP contribution in [0.4, 0.5) is 0 Å². The Morgan fingerprint density at radius 2 is 2.00 bits per heavy atom. The van der Waals surface area contributed by atoms with Gasteiger partial charge in [0.25, 0.3) is 5.56 Å². The van der Waals surface area contributed by atoms with Gasteiger partial charge in [0.15, 0.2) is 6.61 Å². The summed E-state index contributed by atoms with van der Waals surface area (Å²) in [5, 5.41) is 0.596. The van der Waals surface area contributed by atoms with Crippen LogP contribution >= 0.6 is 11.3 Å². The van der Waals surface area contributed by atoms with Crippen molar-refractivity contribution < 1.29 is 14.3 Å². The molecule has 0 unspecified atom stereocenters. The first-order chi connectivity index (χ1) is 14.2. The molecule has 0 saturated heterocycles. The Balaban J connectivity index is 1.61. The minimum atomic E-state index is -0.534. The van der Waals surface area contributed by atoms with Gasteiger partial charge >= 0.3 is 5.97 Å². The van der Waals surface area contributed by atoms with Crippen LogP contribution in [0.25, 0.3) is 10.2 Å². The van der Waals surface area contributed by atoms with E-state index in [4.69, 9.17) is 4.74 Å². The van der Waals surface area contributed by atoms with Crippen molar-refractivity contribution >= 4 is 33.3 Å². The second-order valence-corrected chi connectivity index (χ2v) is 8.43. The van der Waals surface area contributed by atoms with Crippen LogP contribution < -0.4 is 5.56 Å². The quantitative estimate of drug-likeness (QED) is 0.312. The van der Waals surface area contributed by atoms with E-state index in [9.17, 15) is 14.4 Å². The summed E-state index contributed by atoms with van der Waals surface area (Å²) in [4.78, 5) is 43.3. The van der Waals surface area contributed by atoms with E-state index >= 15 is 0 Å². The van der Waals surface area contributed by atoms with Crippen LogP contribution in [-0.2, 0) is 22.6 Å². The van der Waals surface area contributed by atoms with Crippen LogP contribution in [0.5, 0.6) is 0 Å². The van der Waals surface area contributed by atoms with Crippen molar-refractivity contribution in [1.82, 2.24) is 14.1 Å². The smallest absolute Gasteiger partial charge is 0.308 e. The molecule has 3 aromatic rings. The number of carbonyl (C=O) groups is 2. The number of rotatable bonds is 8. The highest BCUT2D eigenvalue weighted by atomic mass is 32.1. The van der Waals surface area contributed by atoms with Crippen LogP contribution in [0, 0.1) is 27.7 Å². The zero-order chi connectivity index (χ0) is 22.0. The molecule has 158 valence electrons. The molecule has 0 aromatic carbocycles. The van der Waals surface area contributed by atoms with Gasteiger partial charge < -0.3 is 9.30 Å². The second-order valence-electron chi connectivity index (χ2n) is 7.22. The molecule has 3 rings (SSSR count). The molecule has 0 N–H and O–H groups in total. The Hall–Kier alpha value is -3.00. The molecule has 0 aliphatic carbocycles. The average molecular weight is 428 g/mol. The van der Waals surface area contributed by atoms with Crippen molar-refractivity contribution in [2.24, 2.45) is 0 Å². The van der Waals surface area contributed by atoms with Crippen LogP contribution in [0.1, 0.15) is 38.6 Å². The summed E-state index contributed by atoms with van der Waals surface area (Å²) in [5.41, 5.74) is 3.06. The fourth-order valence-electron chi connectivity index (χ4n) is 3.43. The summed E-state index contributed by atoms with van der Waals surface area (Å²) < 4.78 is 8.54. The number of hydrogen-bond acceptors (Lipinski definition) is 6. The summed E-state index contributed by atoms with van der Waals surface area (Å²) in [6.07, 6.45) is 3.20. The van der Waals surface area contributed by atoms with Gasteiger partial charge in [0.1, 0.15) is 4.83 Å². The number of aryl methyl sites for hydroxylation is 4. The van der Waals surface area contributed by atoms with E-state index in [0.29, 0.717) is 22.3 Å². The lowest BCUT2D eigenvalue weighted by Crippen LogP contribution is -2.23. The molecule has 8 heteroatoms. The molecule has 0 aliphatic heterocycles. The van der Waals surface area contributed by atoms with Gasteiger partial charge in [-0.3, -0.25) is 19.0 Å². The largest absolute Gasteiger partial charge is 0.457 e. The average Bonchev–Trinajstić information content (AvgIpc) is 3.16. The lowest BCUT2D eigenvalue weighted by Gasteiger charge is -2.08. The first-order valence-corrected chi connectivity index (χ1v) is 10.5. The molecule has 0 bridgehead atoms. The van der Waals surface area contributed by atoms with Gasteiger partial charge in [-0.15, -0.1) is 17.9 Å². The predicted octanol–water partition coefficient (Wildman–Crippen LogP) is 3.50. The van der Waals surface area contributed by atoms with Gasteiger partial charge in [-0.2, -0.15) is 0 Å². The molecule has 0 atom stereocenters. The first-order valence-electron chi connectivity index (χ1n) is 9.66. The summed E-state index contributed by atoms with van der Waals surface area (Å²) in [6.45, 7) is 11.8. The normalized spacial score (nSPS) is 11.1. The van der Waals surface area contributed by atoms with Gasteiger partial charge in [0, 0.05) is 34.9 Å². The molecule has 0 fully saturated rings. The van der Waals surface area contributed by atoms with Gasteiger partial charge in [-0.25, -0.2) is 4.98 Å². The van der Waals surface area contributed by atoms with E-state index < -0.39 is 5.97 Å². The Morgan fingerprint density at radius 3 is 2.70 bits per heavy atom. The SMILES string of the molecule is C=CCn1c(C)cc(C(=O)COC(=O)CCn2cnc3sc(C)c(C)c3c2=O)c1C. The molecular formula is C22H25N3O4S. The van der Waals surface area contributed by atoms with E-state index in [2.05, 4.69) is 11.6 Å². The van der Waals surface area contributed by atoms with Crippen LogP contribution in [0.2, 0.25) is 0 Å². The minimum Gasteiger partial charge on any atom is -0.457 e. The molecule has 0 saturated carbocycles. The Morgan fingerprint density at radius 1 is 1.27 bits per heavy atom. The number of carbonyl (C=O) groups excluding carboxylic acids is 2. The molecule has 3 heterocycles. The number of allylic oxidation sites excluding steroid dienone is 1. The summed E-state index contributed by atoms with van der Waals surface area (Å²) in [5.74, 6) is -0.787. The highest BCUT2D eigenvalue weighted by molar-refractivity contribution is 7.18. The zero-order valence-corrected chi connectivity index (χ0v) is 18.5. The van der Waals surface area contributed by atoms with Crippen molar-refractivity contribution in [3.05, 3.63) is 62.8 Å². The van der Waals surface area contributed by atoms with Gasteiger partial charge in [-0.05, 0) is 39.3 Å². The molecular weight excluding hydrogens is 402 g/mol. The third-order valence-corrected chi connectivity index (χ3v) is 6.38. The van der Waals surface area contributed by atoms with E-state index in [1.807, 2.05) is 32.3 Å². The van der Waals surface area contributed by atoms with Crippen molar-refractivity contribution in [1.29, 1.82) is 0 Å². The standard InChI is InChI=1S/C22H25N3O4S/c1-6-8-25-13(2)10-17(15(25)4)18(26)11-29-19(27)7-9-24-12-23-21-20(22(24)28)14(3)16(5)30-21/h6,10,12H,1,7-9,11H2,2-5H3. The maximum Gasteiger partial charge on any atom is 0.308 e. The fraction of sp³-hybridized carbons (Fsp3) is 0.364. The maximum atomic E-state index is 12.7. The second kappa shape index (κ2) is 8.79.